The quantitative estimate of drug-likeness (QED) is 0.670. The molecule has 1 saturated heterocycles. The predicted molar refractivity (Wildman–Crippen MR) is 105 cm³/mol. The zero-order valence-corrected chi connectivity index (χ0v) is 16.0. The molecule has 2 amide bonds. The maximum atomic E-state index is 12.2. The largest absolute Gasteiger partial charge is 0.367 e. The number of amides is 2. The van der Waals surface area contributed by atoms with E-state index in [1.807, 2.05) is 38.1 Å². The van der Waals surface area contributed by atoms with Crippen LogP contribution in [0.4, 0.5) is 11.4 Å². The van der Waals surface area contributed by atoms with Crippen molar-refractivity contribution in [2.24, 2.45) is 11.7 Å². The number of rotatable bonds is 7. The van der Waals surface area contributed by atoms with Gasteiger partial charge in [-0.25, -0.2) is 0 Å². The van der Waals surface area contributed by atoms with Crippen LogP contribution in [0.1, 0.15) is 20.8 Å². The molecule has 144 valence electrons. The van der Waals surface area contributed by atoms with Crippen LogP contribution in [0.5, 0.6) is 0 Å². The van der Waals surface area contributed by atoms with Gasteiger partial charge in [-0.3, -0.25) is 9.59 Å². The first kappa shape index (κ1) is 20.2. The minimum atomic E-state index is -0.607. The van der Waals surface area contributed by atoms with Gasteiger partial charge in [0, 0.05) is 26.2 Å². The number of benzene rings is 1. The summed E-state index contributed by atoms with van der Waals surface area (Å²) in [5.41, 5.74) is 7.57. The molecule has 1 aromatic rings. The lowest BCUT2D eigenvalue weighted by atomic mass is 10.1. The van der Waals surface area contributed by atoms with Crippen molar-refractivity contribution in [2.45, 2.75) is 26.8 Å². The Morgan fingerprint density at radius 3 is 2.42 bits per heavy atom. The fourth-order valence-electron chi connectivity index (χ4n) is 2.94. The number of likely N-dealkylation sites (N-methyl/N-ethyl adjacent to an activating group) is 1. The van der Waals surface area contributed by atoms with E-state index in [1.54, 1.807) is 0 Å². The van der Waals surface area contributed by atoms with E-state index in [9.17, 15) is 9.59 Å². The molecule has 0 radical (unpaired) electrons. The smallest absolute Gasteiger partial charge is 0.243 e. The van der Waals surface area contributed by atoms with Gasteiger partial charge < -0.3 is 26.2 Å². The van der Waals surface area contributed by atoms with Gasteiger partial charge in [-0.15, -0.1) is 0 Å². The highest BCUT2D eigenvalue weighted by Gasteiger charge is 2.20. The maximum absolute atomic E-state index is 12.2. The van der Waals surface area contributed by atoms with Crippen molar-refractivity contribution in [3.05, 3.63) is 24.3 Å². The van der Waals surface area contributed by atoms with Crippen LogP contribution in [0.25, 0.3) is 0 Å². The van der Waals surface area contributed by atoms with E-state index < -0.39 is 6.04 Å². The fourth-order valence-corrected chi connectivity index (χ4v) is 2.94. The summed E-state index contributed by atoms with van der Waals surface area (Å²) in [6.07, 6.45) is 0. The Morgan fingerprint density at radius 2 is 1.81 bits per heavy atom. The molecule has 0 aromatic heterocycles. The number of piperazine rings is 1. The molecule has 7 nitrogen and oxygen atoms in total. The van der Waals surface area contributed by atoms with Crippen molar-refractivity contribution in [1.29, 1.82) is 0 Å². The van der Waals surface area contributed by atoms with Crippen molar-refractivity contribution in [3.63, 3.8) is 0 Å². The molecule has 7 heteroatoms. The number of hydrogen-bond acceptors (Lipinski definition) is 5. The van der Waals surface area contributed by atoms with Gasteiger partial charge in [-0.05, 0) is 24.6 Å². The van der Waals surface area contributed by atoms with Gasteiger partial charge >= 0.3 is 0 Å². The summed E-state index contributed by atoms with van der Waals surface area (Å²) in [6.45, 7) is 10.8. The Balaban J connectivity index is 1.93. The van der Waals surface area contributed by atoms with Crippen molar-refractivity contribution in [3.8, 4) is 0 Å². The molecular weight excluding hydrogens is 330 g/mol. The molecule has 0 aliphatic carbocycles. The molecule has 0 bridgehead atoms. The van der Waals surface area contributed by atoms with E-state index in [-0.39, 0.29) is 24.3 Å². The molecule has 1 heterocycles. The van der Waals surface area contributed by atoms with E-state index >= 15 is 0 Å². The second kappa shape index (κ2) is 9.54. The molecule has 1 aliphatic heterocycles. The van der Waals surface area contributed by atoms with Gasteiger partial charge in [0.25, 0.3) is 0 Å². The lowest BCUT2D eigenvalue weighted by Gasteiger charge is -2.36. The summed E-state index contributed by atoms with van der Waals surface area (Å²) in [7, 11) is 0. The van der Waals surface area contributed by atoms with E-state index in [4.69, 9.17) is 5.73 Å². The topological polar surface area (TPSA) is 90.7 Å². The molecular formula is C19H31N5O2. The highest BCUT2D eigenvalue weighted by atomic mass is 16.2. The zero-order valence-electron chi connectivity index (χ0n) is 16.0. The number of anilines is 2. The first-order valence-electron chi connectivity index (χ1n) is 9.31. The van der Waals surface area contributed by atoms with Crippen LogP contribution in [0.3, 0.4) is 0 Å². The van der Waals surface area contributed by atoms with Gasteiger partial charge in [-0.2, -0.15) is 0 Å². The van der Waals surface area contributed by atoms with E-state index in [0.29, 0.717) is 0 Å². The molecule has 0 spiro atoms. The van der Waals surface area contributed by atoms with E-state index in [0.717, 1.165) is 44.1 Å². The van der Waals surface area contributed by atoms with Crippen LogP contribution in [-0.2, 0) is 9.59 Å². The number of carbonyl (C=O) groups excluding carboxylic acids is 2. The Morgan fingerprint density at radius 1 is 1.15 bits per heavy atom. The SMILES string of the molecule is CCN1CCN(c2ccccc2NC(=O)CNC(=O)[C@@H](N)C(C)C)CC1. The summed E-state index contributed by atoms with van der Waals surface area (Å²) >= 11 is 0. The highest BCUT2D eigenvalue weighted by molar-refractivity contribution is 5.97. The van der Waals surface area contributed by atoms with Crippen molar-refractivity contribution in [2.75, 3.05) is 49.5 Å². The van der Waals surface area contributed by atoms with Gasteiger partial charge in [0.05, 0.1) is 24.0 Å². The zero-order chi connectivity index (χ0) is 19.1. The summed E-state index contributed by atoms with van der Waals surface area (Å²) in [6, 6.07) is 7.17. The molecule has 26 heavy (non-hydrogen) atoms. The van der Waals surface area contributed by atoms with Crippen LogP contribution in [-0.4, -0.2) is 62.0 Å². The van der Waals surface area contributed by atoms with Crippen LogP contribution in [0, 0.1) is 5.92 Å². The van der Waals surface area contributed by atoms with E-state index in [2.05, 4.69) is 27.4 Å². The third kappa shape index (κ3) is 5.44. The molecule has 0 saturated carbocycles. The van der Waals surface area contributed by atoms with Crippen molar-refractivity contribution < 1.29 is 9.59 Å². The molecule has 0 unspecified atom stereocenters. The van der Waals surface area contributed by atoms with Crippen LogP contribution in [0.15, 0.2) is 24.3 Å². The second-order valence-corrected chi connectivity index (χ2v) is 6.97. The molecule has 4 N–H and O–H groups in total. The van der Waals surface area contributed by atoms with Crippen LogP contribution in [0.2, 0.25) is 0 Å². The lowest BCUT2D eigenvalue weighted by molar-refractivity contribution is -0.125. The summed E-state index contributed by atoms with van der Waals surface area (Å²) in [5.74, 6) is -0.534. The number of nitrogens with one attached hydrogen (secondary N) is 2. The third-order valence-electron chi connectivity index (χ3n) is 4.78. The first-order chi connectivity index (χ1) is 12.4. The van der Waals surface area contributed by atoms with Crippen molar-refractivity contribution in [1.82, 2.24) is 10.2 Å². The number of nitrogens with two attached hydrogens (primary N) is 1. The summed E-state index contributed by atoms with van der Waals surface area (Å²) < 4.78 is 0. The van der Waals surface area contributed by atoms with Gasteiger partial charge in [0.15, 0.2) is 0 Å². The number of carbonyl (C=O) groups is 2. The Bertz CT molecular complexity index is 612. The van der Waals surface area contributed by atoms with E-state index in [1.165, 1.54) is 0 Å². The Kier molecular flexibility index (Phi) is 7.41. The number of hydrogen-bond donors (Lipinski definition) is 3. The minimum absolute atomic E-state index is 0.0283. The van der Waals surface area contributed by atoms with Gasteiger partial charge in [0.2, 0.25) is 11.8 Å². The molecule has 1 aromatic carbocycles. The summed E-state index contributed by atoms with van der Waals surface area (Å²) in [5, 5.41) is 5.51. The first-order valence-corrected chi connectivity index (χ1v) is 9.31. The number of para-hydroxylation sites is 2. The van der Waals surface area contributed by atoms with Gasteiger partial charge in [0.1, 0.15) is 0 Å². The predicted octanol–water partition coefficient (Wildman–Crippen LogP) is 0.867. The Hall–Kier alpha value is -2.12. The number of nitrogens with zero attached hydrogens (tertiary/aromatic N) is 2. The monoisotopic (exact) mass is 361 g/mol. The third-order valence-corrected chi connectivity index (χ3v) is 4.78. The van der Waals surface area contributed by atoms with Crippen molar-refractivity contribution >= 4 is 23.2 Å². The van der Waals surface area contributed by atoms with Crippen LogP contribution >= 0.6 is 0 Å². The second-order valence-electron chi connectivity index (χ2n) is 6.97. The average Bonchev–Trinajstić information content (AvgIpc) is 2.66. The standard InChI is InChI=1S/C19H31N5O2/c1-4-23-9-11-24(12-10-23)16-8-6-5-7-15(16)22-17(25)13-21-19(26)18(20)14(2)3/h5-8,14,18H,4,9-13,20H2,1-3H3,(H,21,26)(H,22,25)/t18-/m0/s1. The molecule has 1 fully saturated rings. The van der Waals surface area contributed by atoms with Crippen LogP contribution < -0.4 is 21.3 Å². The highest BCUT2D eigenvalue weighted by Crippen LogP contribution is 2.26. The minimum Gasteiger partial charge on any atom is -0.367 e. The Labute approximate surface area is 155 Å². The maximum Gasteiger partial charge on any atom is 0.243 e. The molecule has 2 rings (SSSR count). The molecule has 1 aliphatic rings. The fraction of sp³-hybridized carbons (Fsp3) is 0.579. The molecule has 1 atom stereocenters. The lowest BCUT2D eigenvalue weighted by Crippen LogP contribution is -2.47. The van der Waals surface area contributed by atoms with Gasteiger partial charge in [-0.1, -0.05) is 32.9 Å². The summed E-state index contributed by atoms with van der Waals surface area (Å²) in [4.78, 5) is 28.8. The average molecular weight is 361 g/mol. The normalized spacial score (nSPS) is 16.4.